The van der Waals surface area contributed by atoms with E-state index >= 15 is 0 Å². The van der Waals surface area contributed by atoms with Crippen LogP contribution in [0.15, 0.2) is 29.2 Å². The highest BCUT2D eigenvalue weighted by Crippen LogP contribution is 2.51. The van der Waals surface area contributed by atoms with Gasteiger partial charge in [0.05, 0.1) is 18.9 Å². The fraction of sp³-hybridized carbons (Fsp3) is 0.400. The summed E-state index contributed by atoms with van der Waals surface area (Å²) in [5.74, 6) is 3.20. The molecule has 4 N–H and O–H groups in total. The summed E-state index contributed by atoms with van der Waals surface area (Å²) in [5.41, 5.74) is 6.31. The number of hydrogen-bond donors (Lipinski definition) is 3. The van der Waals surface area contributed by atoms with Crippen molar-refractivity contribution in [1.82, 2.24) is 19.7 Å². The summed E-state index contributed by atoms with van der Waals surface area (Å²) in [6.07, 6.45) is 7.70. The third-order valence-corrected chi connectivity index (χ3v) is 5.54. The minimum absolute atomic E-state index is 0.292. The SMILES string of the molecule is C1CC2CC2C1.COc1cc(NC(N)=O)ccc1-c1nc2c(cnn2C)c(=O)[nH]1. The Balaban J connectivity index is 0.000000286. The van der Waals surface area contributed by atoms with E-state index in [2.05, 4.69) is 20.4 Å². The molecule has 2 fully saturated rings. The first kappa shape index (κ1) is 19.0. The Bertz CT molecular complexity index is 1110. The molecule has 152 valence electrons. The van der Waals surface area contributed by atoms with Crippen LogP contribution in [0.5, 0.6) is 5.75 Å². The molecule has 2 aromatic heterocycles. The number of fused-ring (bicyclic) bond motifs is 2. The third-order valence-electron chi connectivity index (χ3n) is 5.54. The van der Waals surface area contributed by atoms with Crippen molar-refractivity contribution in [2.24, 2.45) is 24.6 Å². The lowest BCUT2D eigenvalue weighted by atomic mass is 10.1. The first-order chi connectivity index (χ1) is 14.0. The number of primary amides is 1. The van der Waals surface area contributed by atoms with Crippen molar-refractivity contribution >= 4 is 22.8 Å². The number of ether oxygens (including phenoxy) is 1. The molecule has 29 heavy (non-hydrogen) atoms. The summed E-state index contributed by atoms with van der Waals surface area (Å²) < 4.78 is 6.83. The quantitative estimate of drug-likeness (QED) is 0.627. The van der Waals surface area contributed by atoms with Gasteiger partial charge in [-0.1, -0.05) is 19.3 Å². The zero-order valence-electron chi connectivity index (χ0n) is 16.4. The van der Waals surface area contributed by atoms with Crippen LogP contribution in [0.2, 0.25) is 0 Å². The van der Waals surface area contributed by atoms with Gasteiger partial charge in [0.15, 0.2) is 5.65 Å². The van der Waals surface area contributed by atoms with Crippen LogP contribution in [0.25, 0.3) is 22.4 Å². The van der Waals surface area contributed by atoms with Crippen LogP contribution in [0.3, 0.4) is 0 Å². The number of carbonyl (C=O) groups is 1. The molecule has 0 radical (unpaired) electrons. The van der Waals surface area contributed by atoms with E-state index in [4.69, 9.17) is 10.5 Å². The maximum absolute atomic E-state index is 12.1. The molecule has 5 rings (SSSR count). The zero-order valence-corrected chi connectivity index (χ0v) is 16.4. The van der Waals surface area contributed by atoms with E-state index in [0.717, 1.165) is 0 Å². The molecule has 1 aromatic carbocycles. The van der Waals surface area contributed by atoms with Crippen LogP contribution in [0, 0.1) is 11.8 Å². The molecule has 0 aliphatic heterocycles. The smallest absolute Gasteiger partial charge is 0.316 e. The van der Waals surface area contributed by atoms with Gasteiger partial charge >= 0.3 is 6.03 Å². The second-order valence-corrected chi connectivity index (χ2v) is 7.51. The van der Waals surface area contributed by atoms with E-state index in [9.17, 15) is 9.59 Å². The first-order valence-corrected chi connectivity index (χ1v) is 9.63. The number of nitrogens with one attached hydrogen (secondary N) is 2. The molecule has 2 aliphatic rings. The van der Waals surface area contributed by atoms with Gasteiger partial charge in [0, 0.05) is 18.8 Å². The van der Waals surface area contributed by atoms with Gasteiger partial charge in [-0.3, -0.25) is 9.48 Å². The highest BCUT2D eigenvalue weighted by Gasteiger charge is 2.40. The number of aromatic nitrogens is 4. The molecular weight excluding hydrogens is 372 g/mol. The molecule has 2 atom stereocenters. The molecule has 9 heteroatoms. The predicted octanol–water partition coefficient (Wildman–Crippen LogP) is 2.63. The van der Waals surface area contributed by atoms with Crippen molar-refractivity contribution in [3.63, 3.8) is 0 Å². The maximum Gasteiger partial charge on any atom is 0.316 e. The number of nitrogens with two attached hydrogens (primary N) is 1. The Labute approximate surface area is 167 Å². The predicted molar refractivity (Wildman–Crippen MR) is 110 cm³/mol. The van der Waals surface area contributed by atoms with Gasteiger partial charge in [0.2, 0.25) is 0 Å². The van der Waals surface area contributed by atoms with E-state index in [1.165, 1.54) is 36.2 Å². The number of nitrogens with zero attached hydrogens (tertiary/aromatic N) is 3. The van der Waals surface area contributed by atoms with Crippen molar-refractivity contribution in [1.29, 1.82) is 0 Å². The van der Waals surface area contributed by atoms with Gasteiger partial charge in [0.1, 0.15) is 17.0 Å². The van der Waals surface area contributed by atoms with Crippen LogP contribution in [-0.2, 0) is 7.05 Å². The summed E-state index contributed by atoms with van der Waals surface area (Å²) in [4.78, 5) is 30.2. The van der Waals surface area contributed by atoms with Crippen LogP contribution < -0.4 is 21.3 Å². The number of aryl methyl sites for hydroxylation is 1. The van der Waals surface area contributed by atoms with Gasteiger partial charge in [-0.05, 0) is 30.4 Å². The largest absolute Gasteiger partial charge is 0.496 e. The van der Waals surface area contributed by atoms with E-state index < -0.39 is 6.03 Å². The summed E-state index contributed by atoms with van der Waals surface area (Å²) >= 11 is 0. The Hall–Kier alpha value is -3.36. The van der Waals surface area contributed by atoms with E-state index in [1.54, 1.807) is 44.5 Å². The maximum atomic E-state index is 12.1. The molecule has 2 saturated carbocycles. The van der Waals surface area contributed by atoms with Gasteiger partial charge < -0.3 is 20.8 Å². The second kappa shape index (κ2) is 7.57. The number of anilines is 1. The number of carbonyl (C=O) groups excluding carboxylic acids is 1. The summed E-state index contributed by atoms with van der Waals surface area (Å²) in [6.45, 7) is 0. The summed E-state index contributed by atoms with van der Waals surface area (Å²) in [5, 5.41) is 6.88. The Kier molecular flexibility index (Phi) is 4.96. The van der Waals surface area contributed by atoms with Crippen LogP contribution in [0.4, 0.5) is 10.5 Å². The molecule has 2 heterocycles. The number of amides is 2. The van der Waals surface area contributed by atoms with Crippen molar-refractivity contribution in [2.45, 2.75) is 25.7 Å². The molecule has 3 aromatic rings. The normalized spacial score (nSPS) is 19.2. The van der Waals surface area contributed by atoms with Crippen molar-refractivity contribution < 1.29 is 9.53 Å². The number of rotatable bonds is 3. The third kappa shape index (κ3) is 3.94. The minimum atomic E-state index is -0.678. The van der Waals surface area contributed by atoms with Crippen molar-refractivity contribution in [3.05, 3.63) is 34.7 Å². The van der Waals surface area contributed by atoms with Crippen LogP contribution in [-0.4, -0.2) is 32.9 Å². The molecule has 2 unspecified atom stereocenters. The standard InChI is InChI=1S/C14H14N6O3.C6H10/c1-20-12-9(6-16-20)13(21)19-11(18-12)8-4-3-7(17-14(15)22)5-10(8)23-2;1-2-5-4-6(5)3-1/h3-6H,1-2H3,(H3,15,17,22)(H,18,19,21);5-6H,1-4H2. The fourth-order valence-electron chi connectivity index (χ4n) is 3.93. The Morgan fingerprint density at radius 2 is 2.10 bits per heavy atom. The highest BCUT2D eigenvalue weighted by atomic mass is 16.5. The van der Waals surface area contributed by atoms with Crippen LogP contribution >= 0.6 is 0 Å². The molecule has 0 spiro atoms. The molecule has 9 nitrogen and oxygen atoms in total. The van der Waals surface area contributed by atoms with Crippen molar-refractivity contribution in [3.8, 4) is 17.1 Å². The summed E-state index contributed by atoms with van der Waals surface area (Å²) in [6, 6.07) is 4.22. The molecule has 0 bridgehead atoms. The average Bonchev–Trinajstić information content (AvgIpc) is 3.10. The van der Waals surface area contributed by atoms with Gasteiger partial charge in [-0.15, -0.1) is 0 Å². The van der Waals surface area contributed by atoms with E-state index in [0.29, 0.717) is 33.9 Å². The minimum Gasteiger partial charge on any atom is -0.496 e. The number of hydrogen-bond acceptors (Lipinski definition) is 5. The Morgan fingerprint density at radius 3 is 2.69 bits per heavy atom. The lowest BCUT2D eigenvalue weighted by Crippen LogP contribution is -2.19. The lowest BCUT2D eigenvalue weighted by Gasteiger charge is -2.10. The van der Waals surface area contributed by atoms with E-state index in [-0.39, 0.29) is 5.56 Å². The molecular formula is C20H24N6O3. The topological polar surface area (TPSA) is 128 Å². The number of aromatic amines is 1. The van der Waals surface area contributed by atoms with Gasteiger partial charge in [-0.25, -0.2) is 9.78 Å². The first-order valence-electron chi connectivity index (χ1n) is 9.63. The number of methoxy groups -OCH3 is 1. The zero-order chi connectivity index (χ0) is 20.5. The second-order valence-electron chi connectivity index (χ2n) is 7.51. The monoisotopic (exact) mass is 396 g/mol. The van der Waals surface area contributed by atoms with Gasteiger partial charge in [-0.2, -0.15) is 5.10 Å². The Morgan fingerprint density at radius 1 is 1.34 bits per heavy atom. The fourth-order valence-corrected chi connectivity index (χ4v) is 3.93. The lowest BCUT2D eigenvalue weighted by molar-refractivity contribution is 0.259. The summed E-state index contributed by atoms with van der Waals surface area (Å²) in [7, 11) is 3.18. The molecule has 2 aliphatic carbocycles. The molecule has 2 amide bonds. The number of benzene rings is 1. The average molecular weight is 396 g/mol. The number of H-pyrrole nitrogens is 1. The van der Waals surface area contributed by atoms with Crippen molar-refractivity contribution in [2.75, 3.05) is 12.4 Å². The van der Waals surface area contributed by atoms with E-state index in [1.807, 2.05) is 0 Å². The molecule has 0 saturated heterocycles. The number of urea groups is 1. The highest BCUT2D eigenvalue weighted by molar-refractivity contribution is 5.89. The van der Waals surface area contributed by atoms with Gasteiger partial charge in [0.25, 0.3) is 5.56 Å². The van der Waals surface area contributed by atoms with Crippen LogP contribution in [0.1, 0.15) is 25.7 Å².